The molecule has 20 heavy (non-hydrogen) atoms. The highest BCUT2D eigenvalue weighted by atomic mass is 19.1. The Balaban J connectivity index is 2.31. The van der Waals surface area contributed by atoms with Gasteiger partial charge < -0.3 is 10.6 Å². The molecule has 2 rings (SSSR count). The van der Waals surface area contributed by atoms with Crippen LogP contribution in [0.2, 0.25) is 0 Å². The summed E-state index contributed by atoms with van der Waals surface area (Å²) in [5, 5.41) is 7.42. The second kappa shape index (κ2) is 5.69. The Morgan fingerprint density at radius 2 is 1.95 bits per heavy atom. The van der Waals surface area contributed by atoms with Crippen molar-refractivity contribution in [3.63, 3.8) is 0 Å². The molecule has 4 nitrogen and oxygen atoms in total. The molecule has 0 saturated heterocycles. The molecule has 0 amide bonds. The van der Waals surface area contributed by atoms with Gasteiger partial charge in [-0.25, -0.2) is 9.37 Å². The first-order chi connectivity index (χ1) is 9.50. The fraction of sp³-hybridized carbons (Fsp3) is 0.200. The average Bonchev–Trinajstić information content (AvgIpc) is 2.46. The van der Waals surface area contributed by atoms with Gasteiger partial charge in [0.15, 0.2) is 0 Å². The molecule has 1 atom stereocenters. The van der Waals surface area contributed by atoms with E-state index in [1.807, 2.05) is 31.0 Å². The van der Waals surface area contributed by atoms with Crippen LogP contribution in [0.25, 0.3) is 0 Å². The summed E-state index contributed by atoms with van der Waals surface area (Å²) in [5.41, 5.74) is 6.45. The quantitative estimate of drug-likeness (QED) is 0.664. The molecule has 0 bridgehead atoms. The van der Waals surface area contributed by atoms with E-state index in [2.05, 4.69) is 4.98 Å². The lowest BCUT2D eigenvalue weighted by atomic mass is 10.1. The zero-order chi connectivity index (χ0) is 14.7. The molecule has 0 aliphatic carbocycles. The van der Waals surface area contributed by atoms with Crippen molar-refractivity contribution in [3.8, 4) is 0 Å². The van der Waals surface area contributed by atoms with Crippen LogP contribution in [-0.2, 0) is 0 Å². The van der Waals surface area contributed by atoms with Crippen LogP contribution in [0.5, 0.6) is 0 Å². The number of aromatic nitrogens is 1. The summed E-state index contributed by atoms with van der Waals surface area (Å²) in [7, 11) is 1.84. The van der Waals surface area contributed by atoms with E-state index in [0.717, 1.165) is 0 Å². The minimum atomic E-state index is -0.241. The lowest BCUT2D eigenvalue weighted by Crippen LogP contribution is -2.24. The summed E-state index contributed by atoms with van der Waals surface area (Å²) >= 11 is 0. The predicted octanol–water partition coefficient (Wildman–Crippen LogP) is 2.70. The highest BCUT2D eigenvalue weighted by Gasteiger charge is 2.17. The number of hydrogen-bond donors (Lipinski definition) is 2. The molecular weight excluding hydrogens is 255 g/mol. The van der Waals surface area contributed by atoms with Crippen LogP contribution >= 0.6 is 0 Å². The number of halogens is 1. The third-order valence-electron chi connectivity index (χ3n) is 3.31. The molecule has 104 valence electrons. The minimum absolute atomic E-state index is 0.0844. The lowest BCUT2D eigenvalue weighted by molar-refractivity contribution is 0.584. The number of nitrogen functional groups attached to an aromatic ring is 1. The second-order valence-electron chi connectivity index (χ2n) is 4.60. The number of pyridine rings is 1. The maximum Gasteiger partial charge on any atom is 0.141 e. The number of nitrogens with two attached hydrogens (primary N) is 1. The normalized spacial score (nSPS) is 11.9. The zero-order valence-corrected chi connectivity index (χ0v) is 11.5. The molecule has 0 radical (unpaired) electrons. The molecular formula is C15H17FN4. The van der Waals surface area contributed by atoms with Gasteiger partial charge in [0.2, 0.25) is 0 Å². The summed E-state index contributed by atoms with van der Waals surface area (Å²) in [6.45, 7) is 1.90. The molecule has 2 aromatic rings. The van der Waals surface area contributed by atoms with Crippen LogP contribution < -0.4 is 10.6 Å². The lowest BCUT2D eigenvalue weighted by Gasteiger charge is -2.26. The number of nitrogens with zero attached hydrogens (tertiary/aromatic N) is 2. The van der Waals surface area contributed by atoms with Crippen LogP contribution in [0, 0.1) is 11.2 Å². The van der Waals surface area contributed by atoms with Crippen molar-refractivity contribution in [2.45, 2.75) is 13.0 Å². The van der Waals surface area contributed by atoms with E-state index >= 15 is 0 Å². The van der Waals surface area contributed by atoms with Gasteiger partial charge >= 0.3 is 0 Å². The first-order valence-electron chi connectivity index (χ1n) is 6.29. The summed E-state index contributed by atoms with van der Waals surface area (Å²) in [6, 6.07) is 11.8. The van der Waals surface area contributed by atoms with Gasteiger partial charge in [-0.05, 0) is 25.1 Å². The summed E-state index contributed by atoms with van der Waals surface area (Å²) in [6.07, 6.45) is 0. The van der Waals surface area contributed by atoms with Crippen molar-refractivity contribution in [1.29, 1.82) is 5.41 Å². The Hall–Kier alpha value is -2.43. The van der Waals surface area contributed by atoms with E-state index in [1.54, 1.807) is 24.3 Å². The number of hydrogen-bond acceptors (Lipinski definition) is 3. The van der Waals surface area contributed by atoms with E-state index in [1.165, 1.54) is 6.07 Å². The number of amidine groups is 1. The van der Waals surface area contributed by atoms with Crippen LogP contribution in [0.15, 0.2) is 42.5 Å². The topological polar surface area (TPSA) is 66.0 Å². The van der Waals surface area contributed by atoms with Crippen molar-refractivity contribution in [3.05, 3.63) is 59.5 Å². The smallest absolute Gasteiger partial charge is 0.141 e. The fourth-order valence-electron chi connectivity index (χ4n) is 1.99. The summed E-state index contributed by atoms with van der Waals surface area (Å²) < 4.78 is 13.8. The fourth-order valence-corrected chi connectivity index (χ4v) is 1.99. The first-order valence-corrected chi connectivity index (χ1v) is 6.29. The van der Waals surface area contributed by atoms with Crippen molar-refractivity contribution >= 4 is 11.7 Å². The number of anilines is 1. The van der Waals surface area contributed by atoms with E-state index in [4.69, 9.17) is 11.1 Å². The molecule has 0 saturated carbocycles. The molecule has 0 fully saturated rings. The van der Waals surface area contributed by atoms with Crippen LogP contribution in [0.4, 0.5) is 10.2 Å². The Morgan fingerprint density at radius 1 is 1.25 bits per heavy atom. The number of benzene rings is 1. The zero-order valence-electron chi connectivity index (χ0n) is 11.5. The van der Waals surface area contributed by atoms with Crippen LogP contribution in [0.1, 0.15) is 24.2 Å². The molecule has 0 aliphatic rings. The van der Waals surface area contributed by atoms with Crippen LogP contribution in [-0.4, -0.2) is 17.9 Å². The largest absolute Gasteiger partial charge is 0.382 e. The van der Waals surface area contributed by atoms with Crippen molar-refractivity contribution in [2.24, 2.45) is 5.73 Å². The molecule has 0 aliphatic heterocycles. The number of nitrogens with one attached hydrogen (secondary N) is 1. The van der Waals surface area contributed by atoms with Gasteiger partial charge in [-0.2, -0.15) is 0 Å². The van der Waals surface area contributed by atoms with Gasteiger partial charge in [-0.1, -0.05) is 24.3 Å². The predicted molar refractivity (Wildman–Crippen MR) is 78.5 cm³/mol. The molecule has 3 N–H and O–H groups in total. The van der Waals surface area contributed by atoms with Crippen molar-refractivity contribution in [2.75, 3.05) is 11.9 Å². The van der Waals surface area contributed by atoms with Gasteiger partial charge in [0, 0.05) is 12.6 Å². The van der Waals surface area contributed by atoms with E-state index < -0.39 is 0 Å². The molecule has 1 unspecified atom stereocenters. The molecule has 5 heteroatoms. The Labute approximate surface area is 117 Å². The van der Waals surface area contributed by atoms with Crippen LogP contribution in [0.3, 0.4) is 0 Å². The number of rotatable bonds is 4. The van der Waals surface area contributed by atoms with E-state index in [-0.39, 0.29) is 17.7 Å². The van der Waals surface area contributed by atoms with Crippen molar-refractivity contribution < 1.29 is 4.39 Å². The van der Waals surface area contributed by atoms with Crippen molar-refractivity contribution in [1.82, 2.24) is 4.98 Å². The minimum Gasteiger partial charge on any atom is -0.382 e. The van der Waals surface area contributed by atoms with Gasteiger partial charge in [0.1, 0.15) is 23.2 Å². The SMILES string of the molecule is CC(c1ccccc1F)N(C)c1cccc(C(=N)N)n1. The van der Waals surface area contributed by atoms with Gasteiger partial charge in [0.05, 0.1) is 6.04 Å². The maximum atomic E-state index is 13.8. The Kier molecular flexibility index (Phi) is 3.98. The molecule has 1 heterocycles. The van der Waals surface area contributed by atoms with E-state index in [0.29, 0.717) is 17.1 Å². The standard InChI is InChI=1S/C15H17FN4/c1-10(11-6-3-4-7-12(11)16)20(2)14-9-5-8-13(19-14)15(17)18/h3-10H,1-2H3,(H3,17,18). The van der Waals surface area contributed by atoms with E-state index in [9.17, 15) is 4.39 Å². The summed E-state index contributed by atoms with van der Waals surface area (Å²) in [4.78, 5) is 6.15. The van der Waals surface area contributed by atoms with Gasteiger partial charge in [-0.3, -0.25) is 5.41 Å². The van der Waals surface area contributed by atoms with Gasteiger partial charge in [-0.15, -0.1) is 0 Å². The van der Waals surface area contributed by atoms with Gasteiger partial charge in [0.25, 0.3) is 0 Å². The highest BCUT2D eigenvalue weighted by Crippen LogP contribution is 2.25. The molecule has 0 spiro atoms. The highest BCUT2D eigenvalue weighted by molar-refractivity contribution is 5.93. The first kappa shape index (κ1) is 14.0. The Bertz CT molecular complexity index is 627. The maximum absolute atomic E-state index is 13.8. The third kappa shape index (κ3) is 2.77. The Morgan fingerprint density at radius 3 is 2.60 bits per heavy atom. The second-order valence-corrected chi connectivity index (χ2v) is 4.60. The average molecular weight is 272 g/mol. The monoisotopic (exact) mass is 272 g/mol. The summed E-state index contributed by atoms with van der Waals surface area (Å²) in [5.74, 6) is 0.321. The molecule has 1 aromatic heterocycles. The third-order valence-corrected chi connectivity index (χ3v) is 3.31. The molecule has 1 aromatic carbocycles.